The summed E-state index contributed by atoms with van der Waals surface area (Å²) in [5, 5.41) is 8.76. The van der Waals surface area contributed by atoms with Crippen molar-refractivity contribution in [3.63, 3.8) is 0 Å². The Kier molecular flexibility index (Phi) is 5.96. The van der Waals surface area contributed by atoms with E-state index in [-0.39, 0.29) is 24.1 Å². The number of nitrogens with zero attached hydrogens (tertiary/aromatic N) is 1. The van der Waals surface area contributed by atoms with Crippen molar-refractivity contribution < 1.29 is 23.8 Å². The lowest BCUT2D eigenvalue weighted by atomic mass is 9.93. The second-order valence-electron chi connectivity index (χ2n) is 5.94. The van der Waals surface area contributed by atoms with Gasteiger partial charge in [-0.2, -0.15) is 0 Å². The van der Waals surface area contributed by atoms with E-state index >= 15 is 0 Å². The number of hydrogen-bond donors (Lipinski definition) is 1. The smallest absolute Gasteiger partial charge is 0.303 e. The van der Waals surface area contributed by atoms with Crippen LogP contribution in [0.5, 0.6) is 5.75 Å². The summed E-state index contributed by atoms with van der Waals surface area (Å²) in [6.45, 7) is 2.91. The average molecular weight is 323 g/mol. The second kappa shape index (κ2) is 7.94. The minimum Gasteiger partial charge on any atom is -0.481 e. The molecule has 0 aliphatic carbocycles. The van der Waals surface area contributed by atoms with Crippen LogP contribution >= 0.6 is 0 Å². The molecule has 1 N–H and O–H groups in total. The van der Waals surface area contributed by atoms with Gasteiger partial charge in [-0.15, -0.1) is 0 Å². The molecule has 1 aromatic rings. The van der Waals surface area contributed by atoms with Gasteiger partial charge in [0.05, 0.1) is 0 Å². The summed E-state index contributed by atoms with van der Waals surface area (Å²) < 4.78 is 18.4. The van der Waals surface area contributed by atoms with Crippen molar-refractivity contribution in [2.24, 2.45) is 5.92 Å². The van der Waals surface area contributed by atoms with Gasteiger partial charge in [0, 0.05) is 19.5 Å². The van der Waals surface area contributed by atoms with Gasteiger partial charge < -0.3 is 14.7 Å². The van der Waals surface area contributed by atoms with Gasteiger partial charge in [-0.25, -0.2) is 4.39 Å². The van der Waals surface area contributed by atoms with Gasteiger partial charge in [0.1, 0.15) is 11.6 Å². The van der Waals surface area contributed by atoms with E-state index in [0.29, 0.717) is 25.3 Å². The van der Waals surface area contributed by atoms with Crippen molar-refractivity contribution >= 4 is 11.9 Å². The highest BCUT2D eigenvalue weighted by Crippen LogP contribution is 2.22. The maximum atomic E-state index is 12.9. The Morgan fingerprint density at radius 1 is 1.39 bits per heavy atom. The summed E-state index contributed by atoms with van der Waals surface area (Å²) in [4.78, 5) is 24.9. The predicted octanol–water partition coefficient (Wildman–Crippen LogP) is 2.70. The molecule has 0 radical (unpaired) electrons. The predicted molar refractivity (Wildman–Crippen MR) is 82.7 cm³/mol. The van der Waals surface area contributed by atoms with E-state index in [2.05, 4.69) is 0 Å². The molecule has 1 aliphatic heterocycles. The Labute approximate surface area is 135 Å². The third kappa shape index (κ3) is 5.23. The van der Waals surface area contributed by atoms with Gasteiger partial charge in [-0.1, -0.05) is 0 Å². The number of likely N-dealkylation sites (tertiary alicyclic amines) is 1. The van der Waals surface area contributed by atoms with Crippen molar-refractivity contribution in [1.29, 1.82) is 0 Å². The molecule has 5 nitrogen and oxygen atoms in total. The van der Waals surface area contributed by atoms with Crippen LogP contribution in [0, 0.1) is 11.7 Å². The number of carbonyl (C=O) groups excluding carboxylic acids is 1. The molecule has 0 saturated carbocycles. The van der Waals surface area contributed by atoms with Gasteiger partial charge >= 0.3 is 5.97 Å². The summed E-state index contributed by atoms with van der Waals surface area (Å²) >= 11 is 0. The van der Waals surface area contributed by atoms with Crippen molar-refractivity contribution in [2.45, 2.75) is 38.7 Å². The van der Waals surface area contributed by atoms with E-state index in [1.165, 1.54) is 24.3 Å². The van der Waals surface area contributed by atoms with E-state index in [9.17, 15) is 14.0 Å². The summed E-state index contributed by atoms with van der Waals surface area (Å²) in [6, 6.07) is 5.56. The molecule has 1 amide bonds. The number of hydrogen-bond acceptors (Lipinski definition) is 3. The van der Waals surface area contributed by atoms with Crippen molar-refractivity contribution in [1.82, 2.24) is 4.90 Å². The monoisotopic (exact) mass is 323 g/mol. The van der Waals surface area contributed by atoms with Crippen LogP contribution in [0.25, 0.3) is 0 Å². The highest BCUT2D eigenvalue weighted by atomic mass is 19.1. The number of carboxylic acids is 1. The molecule has 1 fully saturated rings. The van der Waals surface area contributed by atoms with Crippen molar-refractivity contribution in [2.75, 3.05) is 13.1 Å². The molecule has 23 heavy (non-hydrogen) atoms. The third-order valence-corrected chi connectivity index (χ3v) is 4.07. The molecule has 0 spiro atoms. The minimum absolute atomic E-state index is 0.116. The molecule has 1 saturated heterocycles. The van der Waals surface area contributed by atoms with Crippen LogP contribution < -0.4 is 4.74 Å². The Morgan fingerprint density at radius 3 is 2.74 bits per heavy atom. The molecule has 0 aromatic heterocycles. The lowest BCUT2D eigenvalue weighted by molar-refractivity contribution is -0.140. The van der Waals surface area contributed by atoms with E-state index in [4.69, 9.17) is 9.84 Å². The molecule has 126 valence electrons. The average Bonchev–Trinajstić information content (AvgIpc) is 2.54. The zero-order chi connectivity index (χ0) is 16.8. The highest BCUT2D eigenvalue weighted by molar-refractivity contribution is 5.81. The van der Waals surface area contributed by atoms with Crippen LogP contribution in [0.1, 0.15) is 32.6 Å². The number of halogens is 1. The van der Waals surface area contributed by atoms with Crippen LogP contribution in [0.2, 0.25) is 0 Å². The zero-order valence-corrected chi connectivity index (χ0v) is 13.2. The first kappa shape index (κ1) is 17.2. The fourth-order valence-electron chi connectivity index (χ4n) is 2.85. The van der Waals surface area contributed by atoms with Crippen LogP contribution in [-0.4, -0.2) is 41.1 Å². The standard InChI is InChI=1S/C17H22FNO4/c1-12(23-15-7-5-14(18)6-8-15)17(22)19-10-2-3-13(11-19)4-9-16(20)21/h5-8,12-13H,2-4,9-11H2,1H3,(H,20,21). The summed E-state index contributed by atoms with van der Waals surface area (Å²) in [5.41, 5.74) is 0. The molecule has 0 bridgehead atoms. The first-order valence-corrected chi connectivity index (χ1v) is 7.88. The minimum atomic E-state index is -0.804. The first-order chi connectivity index (χ1) is 11.0. The fourth-order valence-corrected chi connectivity index (χ4v) is 2.85. The molecule has 2 unspecified atom stereocenters. The van der Waals surface area contributed by atoms with Gasteiger partial charge in [0.2, 0.25) is 0 Å². The van der Waals surface area contributed by atoms with Crippen LogP contribution in [0.3, 0.4) is 0 Å². The maximum Gasteiger partial charge on any atom is 0.303 e. The second-order valence-corrected chi connectivity index (χ2v) is 5.94. The normalized spacial score (nSPS) is 19.2. The van der Waals surface area contributed by atoms with Gasteiger partial charge in [0.15, 0.2) is 6.10 Å². The molecular formula is C17H22FNO4. The number of amides is 1. The maximum absolute atomic E-state index is 12.9. The van der Waals surface area contributed by atoms with Crippen LogP contribution in [-0.2, 0) is 9.59 Å². The number of piperidine rings is 1. The van der Waals surface area contributed by atoms with Crippen molar-refractivity contribution in [3.8, 4) is 5.75 Å². The van der Waals surface area contributed by atoms with Gasteiger partial charge in [-0.05, 0) is 56.4 Å². The number of benzene rings is 1. The Balaban J connectivity index is 1.87. The first-order valence-electron chi connectivity index (χ1n) is 7.88. The molecule has 6 heteroatoms. The highest BCUT2D eigenvalue weighted by Gasteiger charge is 2.28. The van der Waals surface area contributed by atoms with E-state index < -0.39 is 12.1 Å². The summed E-state index contributed by atoms with van der Waals surface area (Å²) in [6.07, 6.45) is 1.89. The summed E-state index contributed by atoms with van der Waals surface area (Å²) in [7, 11) is 0. The molecular weight excluding hydrogens is 301 g/mol. The lowest BCUT2D eigenvalue weighted by Crippen LogP contribution is -2.45. The molecule has 1 heterocycles. The van der Waals surface area contributed by atoms with Crippen LogP contribution in [0.15, 0.2) is 24.3 Å². The number of rotatable bonds is 6. The number of aliphatic carboxylic acids is 1. The van der Waals surface area contributed by atoms with Gasteiger partial charge in [0.25, 0.3) is 5.91 Å². The molecule has 1 aromatic carbocycles. The van der Waals surface area contributed by atoms with E-state index in [1.54, 1.807) is 11.8 Å². The van der Waals surface area contributed by atoms with Crippen LogP contribution in [0.4, 0.5) is 4.39 Å². The van der Waals surface area contributed by atoms with Crippen molar-refractivity contribution in [3.05, 3.63) is 30.1 Å². The largest absolute Gasteiger partial charge is 0.481 e. The van der Waals surface area contributed by atoms with Gasteiger partial charge in [-0.3, -0.25) is 9.59 Å². The Morgan fingerprint density at radius 2 is 2.09 bits per heavy atom. The number of ether oxygens (including phenoxy) is 1. The number of carbonyl (C=O) groups is 2. The molecule has 2 atom stereocenters. The third-order valence-electron chi connectivity index (χ3n) is 4.07. The SMILES string of the molecule is CC(Oc1ccc(F)cc1)C(=O)N1CCCC(CCC(=O)O)C1. The lowest BCUT2D eigenvalue weighted by Gasteiger charge is -2.34. The Hall–Kier alpha value is -2.11. The zero-order valence-electron chi connectivity index (χ0n) is 13.2. The van der Waals surface area contributed by atoms with E-state index in [0.717, 1.165) is 12.8 Å². The fraction of sp³-hybridized carbons (Fsp3) is 0.529. The number of carboxylic acid groups (broad SMARTS) is 1. The summed E-state index contributed by atoms with van der Waals surface area (Å²) in [5.74, 6) is -0.599. The quantitative estimate of drug-likeness (QED) is 0.874. The topological polar surface area (TPSA) is 66.8 Å². The van der Waals surface area contributed by atoms with E-state index in [1.807, 2.05) is 0 Å². The Bertz CT molecular complexity index is 546. The molecule has 1 aliphatic rings. The molecule has 2 rings (SSSR count).